The lowest BCUT2D eigenvalue weighted by Gasteiger charge is -2.12. The molecular weight excluding hydrogens is 271 g/mol. The van der Waals surface area contributed by atoms with E-state index in [9.17, 15) is 18.0 Å². The standard InChI is InChI=1S/C13H12F3N3O/c14-13(15,16)10-3-4-12(20)19(8-10)7-9-2-1-5-18-11(9)6-17/h1-5,8H,6-7,17H2. The zero-order valence-corrected chi connectivity index (χ0v) is 10.4. The monoisotopic (exact) mass is 283 g/mol. The number of nitrogens with zero attached hydrogens (tertiary/aromatic N) is 2. The van der Waals surface area contributed by atoms with Crippen LogP contribution in [-0.2, 0) is 19.3 Å². The van der Waals surface area contributed by atoms with Crippen molar-refractivity contribution in [1.29, 1.82) is 0 Å². The van der Waals surface area contributed by atoms with Crippen molar-refractivity contribution in [3.63, 3.8) is 0 Å². The number of hydrogen-bond acceptors (Lipinski definition) is 3. The Bertz CT molecular complexity index is 664. The fourth-order valence-electron chi connectivity index (χ4n) is 1.81. The van der Waals surface area contributed by atoms with Crippen molar-refractivity contribution in [2.75, 3.05) is 0 Å². The van der Waals surface area contributed by atoms with Crippen LogP contribution in [0.1, 0.15) is 16.8 Å². The van der Waals surface area contributed by atoms with Crippen LogP contribution in [0.25, 0.3) is 0 Å². The molecule has 0 radical (unpaired) electrons. The van der Waals surface area contributed by atoms with Gasteiger partial charge in [0.1, 0.15) is 0 Å². The molecule has 0 aromatic carbocycles. The summed E-state index contributed by atoms with van der Waals surface area (Å²) in [5.41, 5.74) is 5.31. The van der Waals surface area contributed by atoms with E-state index < -0.39 is 17.3 Å². The van der Waals surface area contributed by atoms with E-state index in [-0.39, 0.29) is 13.1 Å². The number of alkyl halides is 3. The normalized spacial score (nSPS) is 11.6. The van der Waals surface area contributed by atoms with Gasteiger partial charge < -0.3 is 10.3 Å². The van der Waals surface area contributed by atoms with Gasteiger partial charge in [-0.1, -0.05) is 6.07 Å². The topological polar surface area (TPSA) is 60.9 Å². The van der Waals surface area contributed by atoms with Gasteiger partial charge in [-0.3, -0.25) is 9.78 Å². The lowest BCUT2D eigenvalue weighted by Crippen LogP contribution is -2.22. The minimum Gasteiger partial charge on any atom is -0.325 e. The molecule has 0 fully saturated rings. The average molecular weight is 283 g/mol. The molecule has 7 heteroatoms. The molecule has 0 unspecified atom stereocenters. The van der Waals surface area contributed by atoms with Gasteiger partial charge in [0.05, 0.1) is 17.8 Å². The Kier molecular flexibility index (Phi) is 3.89. The zero-order valence-electron chi connectivity index (χ0n) is 10.4. The van der Waals surface area contributed by atoms with Gasteiger partial charge in [-0.2, -0.15) is 13.2 Å². The number of aromatic nitrogens is 2. The maximum absolute atomic E-state index is 12.6. The smallest absolute Gasteiger partial charge is 0.325 e. The number of nitrogens with two attached hydrogens (primary N) is 1. The summed E-state index contributed by atoms with van der Waals surface area (Å²) < 4.78 is 38.9. The molecular formula is C13H12F3N3O. The molecule has 106 valence electrons. The van der Waals surface area contributed by atoms with Gasteiger partial charge in [0, 0.05) is 25.0 Å². The van der Waals surface area contributed by atoms with Crippen molar-refractivity contribution in [2.24, 2.45) is 5.73 Å². The molecule has 0 spiro atoms. The van der Waals surface area contributed by atoms with E-state index in [1.807, 2.05) is 0 Å². The second-order valence-corrected chi connectivity index (χ2v) is 4.20. The quantitative estimate of drug-likeness (QED) is 0.933. The zero-order chi connectivity index (χ0) is 14.8. The predicted octanol–water partition coefficient (Wildman–Crippen LogP) is 1.77. The van der Waals surface area contributed by atoms with Crippen LogP contribution < -0.4 is 11.3 Å². The number of rotatable bonds is 3. The third-order valence-corrected chi connectivity index (χ3v) is 2.83. The number of hydrogen-bond donors (Lipinski definition) is 1. The van der Waals surface area contributed by atoms with Gasteiger partial charge in [-0.15, -0.1) is 0 Å². The first-order chi connectivity index (χ1) is 9.41. The van der Waals surface area contributed by atoms with E-state index in [4.69, 9.17) is 5.73 Å². The van der Waals surface area contributed by atoms with Crippen LogP contribution in [0.15, 0.2) is 41.5 Å². The van der Waals surface area contributed by atoms with Gasteiger partial charge in [-0.25, -0.2) is 0 Å². The summed E-state index contributed by atoms with van der Waals surface area (Å²) in [6.07, 6.45) is -2.14. The minimum absolute atomic E-state index is 0.00310. The maximum Gasteiger partial charge on any atom is 0.417 e. The second-order valence-electron chi connectivity index (χ2n) is 4.20. The molecule has 20 heavy (non-hydrogen) atoms. The maximum atomic E-state index is 12.6. The van der Waals surface area contributed by atoms with Crippen LogP contribution in [0.2, 0.25) is 0 Å². The summed E-state index contributed by atoms with van der Waals surface area (Å²) in [6, 6.07) is 5.00. The molecule has 0 bridgehead atoms. The minimum atomic E-state index is -4.49. The van der Waals surface area contributed by atoms with E-state index in [1.54, 1.807) is 18.3 Å². The second kappa shape index (κ2) is 5.46. The highest BCUT2D eigenvalue weighted by Gasteiger charge is 2.31. The van der Waals surface area contributed by atoms with Crippen molar-refractivity contribution in [3.8, 4) is 0 Å². The highest BCUT2D eigenvalue weighted by Crippen LogP contribution is 2.28. The first-order valence-corrected chi connectivity index (χ1v) is 5.82. The highest BCUT2D eigenvalue weighted by molar-refractivity contribution is 5.21. The first-order valence-electron chi connectivity index (χ1n) is 5.82. The van der Waals surface area contributed by atoms with Crippen molar-refractivity contribution >= 4 is 0 Å². The summed E-state index contributed by atoms with van der Waals surface area (Å²) in [5.74, 6) is 0. The van der Waals surface area contributed by atoms with Gasteiger partial charge in [0.15, 0.2) is 0 Å². The summed E-state index contributed by atoms with van der Waals surface area (Å²) >= 11 is 0. The van der Waals surface area contributed by atoms with Gasteiger partial charge in [0.25, 0.3) is 5.56 Å². The molecule has 0 aliphatic carbocycles. The first kappa shape index (κ1) is 14.3. The molecule has 0 atom stereocenters. The van der Waals surface area contributed by atoms with E-state index in [0.29, 0.717) is 11.3 Å². The fraction of sp³-hybridized carbons (Fsp3) is 0.231. The summed E-state index contributed by atoms with van der Waals surface area (Å²) in [4.78, 5) is 15.7. The molecule has 0 aliphatic heterocycles. The third-order valence-electron chi connectivity index (χ3n) is 2.83. The Morgan fingerprint density at radius 1 is 1.25 bits per heavy atom. The van der Waals surface area contributed by atoms with Crippen molar-refractivity contribution < 1.29 is 13.2 Å². The van der Waals surface area contributed by atoms with Gasteiger partial charge >= 0.3 is 6.18 Å². The average Bonchev–Trinajstić information content (AvgIpc) is 2.40. The van der Waals surface area contributed by atoms with Crippen LogP contribution in [0.5, 0.6) is 0 Å². The van der Waals surface area contributed by atoms with Gasteiger partial charge in [-0.05, 0) is 17.7 Å². The Morgan fingerprint density at radius 2 is 2.00 bits per heavy atom. The predicted molar refractivity (Wildman–Crippen MR) is 66.9 cm³/mol. The number of halogens is 3. The molecule has 0 saturated carbocycles. The summed E-state index contributed by atoms with van der Waals surface area (Å²) in [5, 5.41) is 0. The molecule has 2 aromatic rings. The lowest BCUT2D eigenvalue weighted by atomic mass is 10.2. The summed E-state index contributed by atoms with van der Waals surface area (Å²) in [7, 11) is 0. The molecule has 0 aliphatic rings. The molecule has 0 amide bonds. The van der Waals surface area contributed by atoms with Gasteiger partial charge in [0.2, 0.25) is 0 Å². The van der Waals surface area contributed by atoms with Crippen molar-refractivity contribution in [3.05, 3.63) is 63.8 Å². The molecule has 2 rings (SSSR count). The van der Waals surface area contributed by atoms with E-state index in [1.165, 1.54) is 0 Å². The van der Waals surface area contributed by atoms with Crippen LogP contribution in [0.3, 0.4) is 0 Å². The fourth-order valence-corrected chi connectivity index (χ4v) is 1.81. The molecule has 2 heterocycles. The molecule has 2 N–H and O–H groups in total. The van der Waals surface area contributed by atoms with Crippen molar-refractivity contribution in [1.82, 2.24) is 9.55 Å². The van der Waals surface area contributed by atoms with E-state index >= 15 is 0 Å². The van der Waals surface area contributed by atoms with E-state index in [2.05, 4.69) is 4.98 Å². The molecule has 4 nitrogen and oxygen atoms in total. The Balaban J connectivity index is 2.41. The summed E-state index contributed by atoms with van der Waals surface area (Å²) in [6.45, 7) is 0.160. The molecule has 2 aromatic heterocycles. The van der Waals surface area contributed by atoms with Crippen LogP contribution >= 0.6 is 0 Å². The Labute approximate surface area is 112 Å². The van der Waals surface area contributed by atoms with Crippen molar-refractivity contribution in [2.45, 2.75) is 19.3 Å². The van der Waals surface area contributed by atoms with Crippen LogP contribution in [0, 0.1) is 0 Å². The SMILES string of the molecule is NCc1ncccc1Cn1cc(C(F)(F)F)ccc1=O. The van der Waals surface area contributed by atoms with Crippen LogP contribution in [-0.4, -0.2) is 9.55 Å². The third kappa shape index (κ3) is 3.05. The Morgan fingerprint density at radius 3 is 2.65 bits per heavy atom. The highest BCUT2D eigenvalue weighted by atomic mass is 19.4. The Hall–Kier alpha value is -2.15. The lowest BCUT2D eigenvalue weighted by molar-refractivity contribution is -0.138. The number of pyridine rings is 2. The molecule has 0 saturated heterocycles. The largest absolute Gasteiger partial charge is 0.417 e. The van der Waals surface area contributed by atoms with Crippen LogP contribution in [0.4, 0.5) is 13.2 Å². The van der Waals surface area contributed by atoms with E-state index in [0.717, 1.165) is 22.9 Å².